The van der Waals surface area contributed by atoms with Gasteiger partial charge in [0.05, 0.1) is 38.2 Å². The van der Waals surface area contributed by atoms with Gasteiger partial charge in [0.1, 0.15) is 5.75 Å². The van der Waals surface area contributed by atoms with Crippen molar-refractivity contribution in [2.75, 3.05) is 66.1 Å². The molecule has 5 rings (SSSR count). The molecule has 0 radical (unpaired) electrons. The van der Waals surface area contributed by atoms with Crippen LogP contribution in [0.5, 0.6) is 5.75 Å². The molecule has 3 aromatic rings. The number of ether oxygens (including phenoxy) is 2. The minimum Gasteiger partial charge on any atom is -0.497 e. The van der Waals surface area contributed by atoms with Crippen LogP contribution in [0.2, 0.25) is 0 Å². The zero-order valence-electron chi connectivity index (χ0n) is 20.3. The maximum absolute atomic E-state index is 12.8. The summed E-state index contributed by atoms with van der Waals surface area (Å²) in [6, 6.07) is 18.2. The summed E-state index contributed by atoms with van der Waals surface area (Å²) < 4.78 is 12.7. The molecule has 0 spiro atoms. The quantitative estimate of drug-likeness (QED) is 0.523. The van der Waals surface area contributed by atoms with Crippen molar-refractivity contribution in [2.24, 2.45) is 0 Å². The Labute approximate surface area is 206 Å². The number of para-hydroxylation sites is 1. The lowest BCUT2D eigenvalue weighted by Crippen LogP contribution is -2.52. The number of piperazine rings is 1. The normalized spacial score (nSPS) is 17.5. The van der Waals surface area contributed by atoms with Crippen LogP contribution >= 0.6 is 0 Å². The Bertz CT molecular complexity index is 1100. The van der Waals surface area contributed by atoms with Crippen LogP contribution in [0.3, 0.4) is 0 Å². The van der Waals surface area contributed by atoms with E-state index in [9.17, 15) is 4.79 Å². The summed E-state index contributed by atoms with van der Waals surface area (Å²) in [4.78, 5) is 19.4. The first kappa shape index (κ1) is 23.5. The standard InChI is InChI=1S/C27H33N5O3/c1-34-25-9-7-22(8-10-25)27-23(20-32(28-27)24-5-3-2-4-6-24)19-29-11-13-31(14-12-29)26(33)21-30-15-17-35-18-16-30/h2-10,20H,11-19,21H2,1H3. The summed E-state index contributed by atoms with van der Waals surface area (Å²) in [6.07, 6.45) is 2.13. The summed E-state index contributed by atoms with van der Waals surface area (Å²) in [5.41, 5.74) is 4.25. The number of carbonyl (C=O) groups excluding carboxylic acids is 1. The average Bonchev–Trinajstić information content (AvgIpc) is 3.34. The van der Waals surface area contributed by atoms with E-state index >= 15 is 0 Å². The second-order valence-electron chi connectivity index (χ2n) is 9.06. The minimum absolute atomic E-state index is 0.224. The lowest BCUT2D eigenvalue weighted by molar-refractivity contribution is -0.135. The Hall–Kier alpha value is -3.20. The maximum Gasteiger partial charge on any atom is 0.236 e. The van der Waals surface area contributed by atoms with Gasteiger partial charge in [0.15, 0.2) is 0 Å². The van der Waals surface area contributed by atoms with Crippen molar-refractivity contribution in [3.8, 4) is 22.7 Å². The van der Waals surface area contributed by atoms with Crippen molar-refractivity contribution in [3.05, 3.63) is 66.4 Å². The fourth-order valence-corrected chi connectivity index (χ4v) is 4.68. The molecule has 2 aliphatic heterocycles. The molecule has 0 saturated carbocycles. The SMILES string of the molecule is COc1ccc(-c2nn(-c3ccccc3)cc2CN2CCN(C(=O)CN3CCOCC3)CC2)cc1. The Balaban J connectivity index is 1.27. The van der Waals surface area contributed by atoms with Gasteiger partial charge in [-0.25, -0.2) is 4.68 Å². The largest absolute Gasteiger partial charge is 0.497 e. The van der Waals surface area contributed by atoms with Gasteiger partial charge < -0.3 is 14.4 Å². The predicted molar refractivity (Wildman–Crippen MR) is 135 cm³/mol. The highest BCUT2D eigenvalue weighted by atomic mass is 16.5. The van der Waals surface area contributed by atoms with E-state index in [0.717, 1.165) is 68.5 Å². The Morgan fingerprint density at radius 3 is 2.31 bits per heavy atom. The van der Waals surface area contributed by atoms with E-state index in [1.54, 1.807) is 7.11 Å². The summed E-state index contributed by atoms with van der Waals surface area (Å²) in [6.45, 7) is 7.62. The molecule has 2 fully saturated rings. The third-order valence-corrected chi connectivity index (χ3v) is 6.76. The summed E-state index contributed by atoms with van der Waals surface area (Å²) in [5, 5.41) is 4.95. The zero-order chi connectivity index (χ0) is 24.0. The predicted octanol–water partition coefficient (Wildman–Crippen LogP) is 2.52. The molecule has 0 unspecified atom stereocenters. The van der Waals surface area contributed by atoms with Crippen LogP contribution in [0.1, 0.15) is 5.56 Å². The molecule has 3 heterocycles. The fraction of sp³-hybridized carbons (Fsp3) is 0.407. The van der Waals surface area contributed by atoms with Crippen LogP contribution in [0.4, 0.5) is 0 Å². The van der Waals surface area contributed by atoms with Gasteiger partial charge in [-0.2, -0.15) is 5.10 Å². The number of carbonyl (C=O) groups is 1. The van der Waals surface area contributed by atoms with Crippen LogP contribution in [0.15, 0.2) is 60.8 Å². The van der Waals surface area contributed by atoms with E-state index in [2.05, 4.69) is 40.3 Å². The number of benzene rings is 2. The molecular formula is C27H33N5O3. The molecule has 184 valence electrons. The Morgan fingerprint density at radius 1 is 0.914 bits per heavy atom. The number of methoxy groups -OCH3 is 1. The van der Waals surface area contributed by atoms with Gasteiger partial charge in [0, 0.05) is 63.1 Å². The molecule has 0 bridgehead atoms. The summed E-state index contributed by atoms with van der Waals surface area (Å²) >= 11 is 0. The van der Waals surface area contributed by atoms with Crippen molar-refractivity contribution in [3.63, 3.8) is 0 Å². The monoisotopic (exact) mass is 475 g/mol. The highest BCUT2D eigenvalue weighted by Gasteiger charge is 2.25. The molecule has 2 saturated heterocycles. The van der Waals surface area contributed by atoms with Gasteiger partial charge >= 0.3 is 0 Å². The van der Waals surface area contributed by atoms with E-state index in [4.69, 9.17) is 14.6 Å². The van der Waals surface area contributed by atoms with Gasteiger partial charge in [-0.3, -0.25) is 14.6 Å². The average molecular weight is 476 g/mol. The number of rotatable bonds is 7. The number of amides is 1. The molecule has 0 N–H and O–H groups in total. The fourth-order valence-electron chi connectivity index (χ4n) is 4.68. The van der Waals surface area contributed by atoms with E-state index < -0.39 is 0 Å². The molecule has 2 aromatic carbocycles. The summed E-state index contributed by atoms with van der Waals surface area (Å²) in [5.74, 6) is 1.05. The molecule has 2 aliphatic rings. The van der Waals surface area contributed by atoms with Crippen LogP contribution in [-0.2, 0) is 16.1 Å². The molecule has 1 aromatic heterocycles. The molecule has 0 atom stereocenters. The van der Waals surface area contributed by atoms with Crippen LogP contribution < -0.4 is 4.74 Å². The molecule has 8 heteroatoms. The number of nitrogens with zero attached hydrogens (tertiary/aromatic N) is 5. The van der Waals surface area contributed by atoms with E-state index in [1.807, 2.05) is 39.9 Å². The van der Waals surface area contributed by atoms with E-state index in [-0.39, 0.29) is 5.91 Å². The number of aromatic nitrogens is 2. The third-order valence-electron chi connectivity index (χ3n) is 6.76. The second-order valence-corrected chi connectivity index (χ2v) is 9.06. The van der Waals surface area contributed by atoms with Crippen molar-refractivity contribution in [1.29, 1.82) is 0 Å². The first-order valence-electron chi connectivity index (χ1n) is 12.3. The van der Waals surface area contributed by atoms with Crippen LogP contribution in [-0.4, -0.2) is 96.5 Å². The van der Waals surface area contributed by atoms with Crippen molar-refractivity contribution >= 4 is 5.91 Å². The first-order chi connectivity index (χ1) is 17.2. The topological polar surface area (TPSA) is 63.1 Å². The number of morpholine rings is 1. The third kappa shape index (κ3) is 5.73. The Morgan fingerprint density at radius 2 is 1.63 bits per heavy atom. The summed E-state index contributed by atoms with van der Waals surface area (Å²) in [7, 11) is 1.68. The lowest BCUT2D eigenvalue weighted by Gasteiger charge is -2.36. The highest BCUT2D eigenvalue weighted by molar-refractivity contribution is 5.78. The van der Waals surface area contributed by atoms with Gasteiger partial charge in [0.25, 0.3) is 0 Å². The lowest BCUT2D eigenvalue weighted by atomic mass is 10.1. The highest BCUT2D eigenvalue weighted by Crippen LogP contribution is 2.27. The molecule has 1 amide bonds. The first-order valence-corrected chi connectivity index (χ1v) is 12.3. The number of hydrogen-bond acceptors (Lipinski definition) is 6. The smallest absolute Gasteiger partial charge is 0.236 e. The molecule has 0 aliphatic carbocycles. The minimum atomic E-state index is 0.224. The van der Waals surface area contributed by atoms with Gasteiger partial charge in [-0.1, -0.05) is 18.2 Å². The maximum atomic E-state index is 12.8. The van der Waals surface area contributed by atoms with E-state index in [1.165, 1.54) is 5.56 Å². The second kappa shape index (κ2) is 11.0. The van der Waals surface area contributed by atoms with E-state index in [0.29, 0.717) is 19.8 Å². The van der Waals surface area contributed by atoms with Crippen molar-refractivity contribution in [2.45, 2.75) is 6.54 Å². The van der Waals surface area contributed by atoms with Gasteiger partial charge in [-0.15, -0.1) is 0 Å². The van der Waals surface area contributed by atoms with Crippen LogP contribution in [0.25, 0.3) is 16.9 Å². The van der Waals surface area contributed by atoms with Gasteiger partial charge in [0.2, 0.25) is 5.91 Å². The zero-order valence-corrected chi connectivity index (χ0v) is 20.3. The Kier molecular flexibility index (Phi) is 7.42. The van der Waals surface area contributed by atoms with Crippen molar-refractivity contribution in [1.82, 2.24) is 24.5 Å². The molecule has 8 nitrogen and oxygen atoms in total. The molecular weight excluding hydrogens is 442 g/mol. The van der Waals surface area contributed by atoms with Gasteiger partial charge in [-0.05, 0) is 36.4 Å². The van der Waals surface area contributed by atoms with Crippen molar-refractivity contribution < 1.29 is 14.3 Å². The molecule has 35 heavy (non-hydrogen) atoms. The number of hydrogen-bond donors (Lipinski definition) is 0. The van der Waals surface area contributed by atoms with Crippen LogP contribution in [0, 0.1) is 0 Å².